The fourth-order valence-electron chi connectivity index (χ4n) is 2.15. The van der Waals surface area contributed by atoms with Gasteiger partial charge in [0.2, 0.25) is 5.78 Å². The van der Waals surface area contributed by atoms with Crippen molar-refractivity contribution >= 4 is 40.0 Å². The lowest BCUT2D eigenvalue weighted by Crippen LogP contribution is -2.01. The van der Waals surface area contributed by atoms with Crippen molar-refractivity contribution in [1.82, 2.24) is 0 Å². The van der Waals surface area contributed by atoms with E-state index < -0.39 is 0 Å². The molecule has 0 spiro atoms. The largest absolute Gasteiger partial charge is 0.451 e. The molecule has 0 radical (unpaired) electrons. The average Bonchev–Trinajstić information content (AvgIpc) is 2.83. The number of halogens is 2. The lowest BCUT2D eigenvalue weighted by molar-refractivity contribution is 0.101. The quantitative estimate of drug-likeness (QED) is 0.603. The first kappa shape index (κ1) is 13.2. The first-order valence-electron chi connectivity index (χ1n) is 6.05. The van der Waals surface area contributed by atoms with Crippen molar-refractivity contribution in [3.05, 3.63) is 69.4 Å². The van der Waals surface area contributed by atoms with Crippen molar-refractivity contribution in [2.45, 2.75) is 6.92 Å². The van der Waals surface area contributed by atoms with E-state index in [9.17, 15) is 4.79 Å². The van der Waals surface area contributed by atoms with Crippen LogP contribution in [0.25, 0.3) is 11.0 Å². The zero-order valence-corrected chi connectivity index (χ0v) is 12.1. The molecule has 3 rings (SSSR count). The number of carbonyl (C=O) groups is 1. The van der Waals surface area contributed by atoms with Gasteiger partial charge in [-0.1, -0.05) is 35.3 Å². The van der Waals surface area contributed by atoms with Crippen LogP contribution < -0.4 is 0 Å². The van der Waals surface area contributed by atoms with E-state index in [-0.39, 0.29) is 11.5 Å². The number of aryl methyl sites for hydroxylation is 1. The fourth-order valence-corrected chi connectivity index (χ4v) is 2.60. The van der Waals surface area contributed by atoms with Gasteiger partial charge in [0.1, 0.15) is 0 Å². The lowest BCUT2D eigenvalue weighted by atomic mass is 10.0. The van der Waals surface area contributed by atoms with Crippen molar-refractivity contribution in [2.24, 2.45) is 0 Å². The van der Waals surface area contributed by atoms with Gasteiger partial charge >= 0.3 is 0 Å². The summed E-state index contributed by atoms with van der Waals surface area (Å²) in [6.07, 6.45) is 0. The van der Waals surface area contributed by atoms with Crippen LogP contribution in [0.4, 0.5) is 0 Å². The first-order chi connectivity index (χ1) is 9.56. The smallest absolute Gasteiger partial charge is 0.228 e. The molecule has 0 saturated carbocycles. The van der Waals surface area contributed by atoms with Gasteiger partial charge in [0.25, 0.3) is 0 Å². The Hall–Kier alpha value is -1.77. The molecule has 2 aromatic carbocycles. The second-order valence-corrected chi connectivity index (χ2v) is 5.40. The number of carbonyl (C=O) groups excluding carboxylic acids is 1. The van der Waals surface area contributed by atoms with E-state index in [1.165, 1.54) is 0 Å². The number of hydrogen-bond donors (Lipinski definition) is 0. The molecule has 2 nitrogen and oxygen atoms in total. The molecule has 0 aliphatic rings. The summed E-state index contributed by atoms with van der Waals surface area (Å²) in [5, 5.41) is 1.91. The molecule has 1 heterocycles. The van der Waals surface area contributed by atoms with Crippen LogP contribution in [0.15, 0.2) is 46.9 Å². The van der Waals surface area contributed by atoms with Crippen LogP contribution in [0.5, 0.6) is 0 Å². The Morgan fingerprint density at radius 2 is 1.90 bits per heavy atom. The molecular weight excluding hydrogens is 295 g/mol. The number of furan rings is 1. The molecule has 1 aromatic heterocycles. The third-order valence-corrected chi connectivity index (χ3v) is 3.69. The maximum absolute atomic E-state index is 12.5. The van der Waals surface area contributed by atoms with Gasteiger partial charge in [-0.3, -0.25) is 4.79 Å². The molecule has 0 bridgehead atoms. The van der Waals surface area contributed by atoms with Crippen molar-refractivity contribution < 1.29 is 9.21 Å². The maximum atomic E-state index is 12.5. The minimum absolute atomic E-state index is 0.175. The monoisotopic (exact) mass is 304 g/mol. The highest BCUT2D eigenvalue weighted by atomic mass is 35.5. The van der Waals surface area contributed by atoms with Gasteiger partial charge in [0.15, 0.2) is 11.3 Å². The summed E-state index contributed by atoms with van der Waals surface area (Å²) in [6.45, 7) is 1.84. The van der Waals surface area contributed by atoms with E-state index in [1.807, 2.05) is 19.1 Å². The number of fused-ring (bicyclic) bond motifs is 1. The van der Waals surface area contributed by atoms with Crippen LogP contribution in [-0.4, -0.2) is 5.78 Å². The molecule has 4 heteroatoms. The number of benzene rings is 2. The Morgan fingerprint density at radius 3 is 2.60 bits per heavy atom. The van der Waals surface area contributed by atoms with Crippen LogP contribution in [0, 0.1) is 6.92 Å². The van der Waals surface area contributed by atoms with Crippen LogP contribution in [-0.2, 0) is 0 Å². The standard InChI is InChI=1S/C16H10Cl2O2/c1-9-7-11(17)5-6-12(9)15(19)14-8-10-3-2-4-13(18)16(10)20-14/h2-8H,1H3. The molecule has 0 amide bonds. The number of para-hydroxylation sites is 1. The zero-order chi connectivity index (χ0) is 14.3. The summed E-state index contributed by atoms with van der Waals surface area (Å²) in [5.41, 5.74) is 1.92. The van der Waals surface area contributed by atoms with Gasteiger partial charge in [0, 0.05) is 16.0 Å². The highest BCUT2D eigenvalue weighted by Crippen LogP contribution is 2.28. The second kappa shape index (κ2) is 4.97. The van der Waals surface area contributed by atoms with E-state index in [4.69, 9.17) is 27.6 Å². The average molecular weight is 305 g/mol. The zero-order valence-electron chi connectivity index (χ0n) is 10.6. The highest BCUT2D eigenvalue weighted by molar-refractivity contribution is 6.35. The molecule has 3 aromatic rings. The Balaban J connectivity index is 2.10. The van der Waals surface area contributed by atoms with Crippen molar-refractivity contribution in [3.8, 4) is 0 Å². The van der Waals surface area contributed by atoms with E-state index >= 15 is 0 Å². The molecule has 0 N–H and O–H groups in total. The fraction of sp³-hybridized carbons (Fsp3) is 0.0625. The summed E-state index contributed by atoms with van der Waals surface area (Å²) in [5.74, 6) is 0.102. The Morgan fingerprint density at radius 1 is 1.10 bits per heavy atom. The van der Waals surface area contributed by atoms with Gasteiger partial charge in [-0.2, -0.15) is 0 Å². The second-order valence-electron chi connectivity index (χ2n) is 4.56. The van der Waals surface area contributed by atoms with E-state index in [1.54, 1.807) is 30.3 Å². The summed E-state index contributed by atoms with van der Waals surface area (Å²) in [6, 6.07) is 12.3. The lowest BCUT2D eigenvalue weighted by Gasteiger charge is -2.02. The number of hydrogen-bond acceptors (Lipinski definition) is 2. The normalized spacial score (nSPS) is 10.9. The Kier molecular flexibility index (Phi) is 3.28. The van der Waals surface area contributed by atoms with E-state index in [0.717, 1.165) is 10.9 Å². The third-order valence-electron chi connectivity index (χ3n) is 3.15. The Bertz CT molecular complexity index is 818. The van der Waals surface area contributed by atoms with Gasteiger partial charge in [-0.15, -0.1) is 0 Å². The molecular formula is C16H10Cl2O2. The van der Waals surface area contributed by atoms with Gasteiger partial charge < -0.3 is 4.42 Å². The van der Waals surface area contributed by atoms with E-state index in [2.05, 4.69) is 0 Å². The SMILES string of the molecule is Cc1cc(Cl)ccc1C(=O)c1cc2cccc(Cl)c2o1. The molecule has 0 aliphatic carbocycles. The summed E-state index contributed by atoms with van der Waals surface area (Å²) in [4.78, 5) is 12.5. The van der Waals surface area contributed by atoms with Crippen molar-refractivity contribution in [1.29, 1.82) is 0 Å². The van der Waals surface area contributed by atoms with Gasteiger partial charge in [-0.25, -0.2) is 0 Å². The molecule has 0 atom stereocenters. The van der Waals surface area contributed by atoms with Gasteiger partial charge in [0.05, 0.1) is 5.02 Å². The predicted molar refractivity (Wildman–Crippen MR) is 80.8 cm³/mol. The van der Waals surface area contributed by atoms with E-state index in [0.29, 0.717) is 21.2 Å². The van der Waals surface area contributed by atoms with Gasteiger partial charge in [-0.05, 0) is 42.8 Å². The molecule has 20 heavy (non-hydrogen) atoms. The van der Waals surface area contributed by atoms with Crippen LogP contribution in [0.3, 0.4) is 0 Å². The van der Waals surface area contributed by atoms with Crippen LogP contribution in [0.2, 0.25) is 10.0 Å². The minimum Gasteiger partial charge on any atom is -0.451 e. The summed E-state index contributed by atoms with van der Waals surface area (Å²) >= 11 is 12.0. The van der Waals surface area contributed by atoms with Crippen molar-refractivity contribution in [2.75, 3.05) is 0 Å². The first-order valence-corrected chi connectivity index (χ1v) is 6.81. The molecule has 0 aliphatic heterocycles. The Labute approximate surface area is 125 Å². The predicted octanol–water partition coefficient (Wildman–Crippen LogP) is 5.28. The number of ketones is 1. The maximum Gasteiger partial charge on any atom is 0.228 e. The van der Waals surface area contributed by atoms with Crippen LogP contribution in [0.1, 0.15) is 21.7 Å². The molecule has 100 valence electrons. The topological polar surface area (TPSA) is 30.2 Å². The summed E-state index contributed by atoms with van der Waals surface area (Å²) < 4.78 is 5.59. The minimum atomic E-state index is -0.175. The molecule has 0 unspecified atom stereocenters. The summed E-state index contributed by atoms with van der Waals surface area (Å²) in [7, 11) is 0. The van der Waals surface area contributed by atoms with Crippen LogP contribution >= 0.6 is 23.2 Å². The van der Waals surface area contributed by atoms with Crippen molar-refractivity contribution in [3.63, 3.8) is 0 Å². The molecule has 0 fully saturated rings. The third kappa shape index (κ3) is 2.21. The molecule has 0 saturated heterocycles. The highest BCUT2D eigenvalue weighted by Gasteiger charge is 2.17. The number of rotatable bonds is 2.